The van der Waals surface area contributed by atoms with Crippen LogP contribution < -0.4 is 16.4 Å². The number of carboxylic acids is 3. The number of carbonyl (C=O) groups is 3. The van der Waals surface area contributed by atoms with Crippen LogP contribution >= 0.6 is 0 Å². The van der Waals surface area contributed by atoms with Crippen LogP contribution in [-0.4, -0.2) is 47.5 Å². The van der Waals surface area contributed by atoms with Crippen molar-refractivity contribution in [2.45, 2.75) is 0 Å². The van der Waals surface area contributed by atoms with Gasteiger partial charge in [-0.1, -0.05) is 0 Å². The van der Waals surface area contributed by atoms with Crippen molar-refractivity contribution < 1.29 is 46.8 Å². The fraction of sp³-hybridized carbons (Fsp3) is 0.500. The number of carbonyl (C=O) groups excluding carboxylic acids is 2. The summed E-state index contributed by atoms with van der Waals surface area (Å²) < 4.78 is 0. The Balaban J connectivity index is -0.000000720. The van der Waals surface area contributed by atoms with Gasteiger partial charge in [-0.3, -0.25) is 9.69 Å². The second-order valence-corrected chi connectivity index (χ2v) is 2.28. The average molecular weight is 270 g/mol. The molecule has 0 heterocycles. The van der Waals surface area contributed by atoms with Gasteiger partial charge in [-0.05, 0) is 0 Å². The molecule has 0 aliphatic rings. The smallest absolute Gasteiger partial charge is 0.549 e. The van der Waals surface area contributed by atoms with Crippen molar-refractivity contribution in [3.63, 3.8) is 0 Å². The Morgan fingerprint density at radius 1 is 1.00 bits per heavy atom. The number of aliphatic carboxylic acids is 3. The first-order valence-electron chi connectivity index (χ1n) is 3.25. The Hall–Kier alpha value is -1.15. The molecular formula is C6H10CuN2O6. The molecule has 4 N–H and O–H groups in total. The van der Waals surface area contributed by atoms with Gasteiger partial charge < -0.3 is 31.1 Å². The molecule has 0 aliphatic carbocycles. The molecule has 8 nitrogen and oxygen atoms in total. The van der Waals surface area contributed by atoms with E-state index in [1.54, 1.807) is 0 Å². The van der Waals surface area contributed by atoms with E-state index in [1.807, 2.05) is 0 Å². The van der Waals surface area contributed by atoms with E-state index in [2.05, 4.69) is 0 Å². The molecular weight excluding hydrogens is 260 g/mol. The van der Waals surface area contributed by atoms with Crippen molar-refractivity contribution >= 4 is 17.9 Å². The van der Waals surface area contributed by atoms with Crippen LogP contribution in [0.3, 0.4) is 0 Å². The summed E-state index contributed by atoms with van der Waals surface area (Å²) in [5.41, 5.74) is 0. The molecule has 0 rings (SSSR count). The molecule has 0 bridgehead atoms. The zero-order valence-corrected chi connectivity index (χ0v) is 8.51. The van der Waals surface area contributed by atoms with E-state index in [9.17, 15) is 24.6 Å². The van der Waals surface area contributed by atoms with Crippen LogP contribution in [0.1, 0.15) is 0 Å². The Labute approximate surface area is 95.9 Å². The maximum atomic E-state index is 10.1. The van der Waals surface area contributed by atoms with E-state index in [0.717, 1.165) is 0 Å². The van der Waals surface area contributed by atoms with Gasteiger partial charge in [0.25, 0.3) is 0 Å². The molecule has 0 unspecified atom stereocenters. The molecule has 0 aromatic carbocycles. The number of rotatable bonds is 6. The maximum Gasteiger partial charge on any atom is 2.00 e. The van der Waals surface area contributed by atoms with Crippen molar-refractivity contribution in [2.75, 3.05) is 19.6 Å². The van der Waals surface area contributed by atoms with Crippen LogP contribution in [0.15, 0.2) is 0 Å². The zero-order chi connectivity index (χ0) is 10.4. The molecule has 0 spiro atoms. The molecule has 0 amide bonds. The van der Waals surface area contributed by atoms with Gasteiger partial charge >= 0.3 is 23.0 Å². The van der Waals surface area contributed by atoms with Crippen molar-refractivity contribution in [2.24, 2.45) is 0 Å². The molecule has 0 saturated carbocycles. The van der Waals surface area contributed by atoms with Gasteiger partial charge in [-0.15, -0.1) is 0 Å². The number of hydrogen-bond donors (Lipinski definition) is 2. The van der Waals surface area contributed by atoms with Crippen molar-refractivity contribution in [1.29, 1.82) is 0 Å². The SMILES string of the molecule is N.O=C([O-])CN(CC(=O)[O-])CC(=O)O.[Cu+2]. The van der Waals surface area contributed by atoms with E-state index in [0.29, 0.717) is 4.90 Å². The van der Waals surface area contributed by atoms with Gasteiger partial charge in [0.1, 0.15) is 0 Å². The Morgan fingerprint density at radius 2 is 1.33 bits per heavy atom. The van der Waals surface area contributed by atoms with Crippen LogP contribution in [0.4, 0.5) is 0 Å². The van der Waals surface area contributed by atoms with Crippen molar-refractivity contribution in [3.05, 3.63) is 0 Å². The van der Waals surface area contributed by atoms with E-state index < -0.39 is 37.5 Å². The van der Waals surface area contributed by atoms with E-state index in [-0.39, 0.29) is 23.2 Å². The van der Waals surface area contributed by atoms with Crippen LogP contribution in [-0.2, 0) is 31.5 Å². The topological polar surface area (TPSA) is 156 Å². The van der Waals surface area contributed by atoms with Gasteiger partial charge in [-0.2, -0.15) is 0 Å². The summed E-state index contributed by atoms with van der Waals surface area (Å²) in [7, 11) is 0. The molecule has 1 radical (unpaired) electrons. The van der Waals surface area contributed by atoms with Crippen LogP contribution in [0, 0.1) is 0 Å². The zero-order valence-electron chi connectivity index (χ0n) is 7.57. The number of carboxylic acid groups (broad SMARTS) is 3. The minimum absolute atomic E-state index is 0. The summed E-state index contributed by atoms with van der Waals surface area (Å²) >= 11 is 0. The Morgan fingerprint density at radius 3 is 1.53 bits per heavy atom. The second-order valence-electron chi connectivity index (χ2n) is 2.28. The maximum absolute atomic E-state index is 10.1. The number of nitrogens with zero attached hydrogens (tertiary/aromatic N) is 1. The fourth-order valence-corrected chi connectivity index (χ4v) is 0.724. The molecule has 0 fully saturated rings. The second kappa shape index (κ2) is 9.41. The first-order valence-corrected chi connectivity index (χ1v) is 3.25. The standard InChI is InChI=1S/C6H9NO6.Cu.H3N/c8-4(9)1-7(2-5(10)11)3-6(12)13;;/h1-3H2,(H,8,9)(H,10,11)(H,12,13);;1H3/q;+2;/p-2. The average Bonchev–Trinajstić information content (AvgIpc) is 1.80. The monoisotopic (exact) mass is 269 g/mol. The molecule has 0 atom stereocenters. The third-order valence-corrected chi connectivity index (χ3v) is 1.06. The van der Waals surface area contributed by atoms with Crippen LogP contribution in [0.25, 0.3) is 0 Å². The minimum Gasteiger partial charge on any atom is -0.549 e. The van der Waals surface area contributed by atoms with Crippen molar-refractivity contribution in [3.8, 4) is 0 Å². The van der Waals surface area contributed by atoms with Crippen LogP contribution in [0.2, 0.25) is 0 Å². The molecule has 0 aromatic heterocycles. The number of hydrogen-bond acceptors (Lipinski definition) is 7. The first-order chi connectivity index (χ1) is 5.91. The fourth-order valence-electron chi connectivity index (χ4n) is 0.724. The predicted octanol–water partition coefficient (Wildman–Crippen LogP) is -3.97. The molecule has 0 aliphatic heterocycles. The van der Waals surface area contributed by atoms with E-state index >= 15 is 0 Å². The Bertz CT molecular complexity index is 196. The first kappa shape index (κ1) is 19.4. The third kappa shape index (κ3) is 12.8. The van der Waals surface area contributed by atoms with Crippen LogP contribution in [0.5, 0.6) is 0 Å². The van der Waals surface area contributed by atoms with Gasteiger partial charge in [-0.25, -0.2) is 0 Å². The summed E-state index contributed by atoms with van der Waals surface area (Å²) in [5.74, 6) is -4.40. The van der Waals surface area contributed by atoms with Gasteiger partial charge in [0.05, 0.1) is 18.5 Å². The third-order valence-electron chi connectivity index (χ3n) is 1.06. The summed E-state index contributed by atoms with van der Waals surface area (Å²) in [6, 6.07) is 0. The Kier molecular flexibility index (Phi) is 12.2. The quantitative estimate of drug-likeness (QED) is 0.462. The van der Waals surface area contributed by atoms with Crippen molar-refractivity contribution in [1.82, 2.24) is 11.1 Å². The van der Waals surface area contributed by atoms with E-state index in [1.165, 1.54) is 0 Å². The normalized spacial score (nSPS) is 8.60. The van der Waals surface area contributed by atoms with Gasteiger partial charge in [0.2, 0.25) is 0 Å². The largest absolute Gasteiger partial charge is 2.00 e. The summed E-state index contributed by atoms with van der Waals surface area (Å²) in [6.07, 6.45) is 0. The van der Waals surface area contributed by atoms with Gasteiger partial charge in [0, 0.05) is 13.1 Å². The summed E-state index contributed by atoms with van der Waals surface area (Å²) in [6.45, 7) is -2.18. The molecule has 15 heavy (non-hydrogen) atoms. The molecule has 0 saturated heterocycles. The molecule has 9 heteroatoms. The molecule has 0 aromatic rings. The summed E-state index contributed by atoms with van der Waals surface area (Å²) in [4.78, 5) is 30.8. The molecule has 91 valence electrons. The summed E-state index contributed by atoms with van der Waals surface area (Å²) in [5, 5.41) is 28.3. The van der Waals surface area contributed by atoms with Gasteiger partial charge in [0.15, 0.2) is 0 Å². The predicted molar refractivity (Wildman–Crippen MR) is 39.1 cm³/mol. The van der Waals surface area contributed by atoms with E-state index in [4.69, 9.17) is 5.11 Å². The minimum atomic E-state index is -1.54.